The zero-order valence-electron chi connectivity index (χ0n) is 10.9. The second kappa shape index (κ2) is 5.06. The molecule has 1 aliphatic heterocycles. The highest BCUT2D eigenvalue weighted by Crippen LogP contribution is 2.34. The molecule has 1 aromatic carbocycles. The topological polar surface area (TPSA) is 73.3 Å². The largest absolute Gasteiger partial charge is 0.458 e. The summed E-state index contributed by atoms with van der Waals surface area (Å²) < 4.78 is 29.9. The van der Waals surface area contributed by atoms with Gasteiger partial charge in [-0.25, -0.2) is 8.42 Å². The summed E-state index contributed by atoms with van der Waals surface area (Å²) in [5, 5.41) is 0.791. The fraction of sp³-hybridized carbons (Fsp3) is 0.429. The number of rotatable bonds is 2. The van der Waals surface area contributed by atoms with E-state index in [9.17, 15) is 8.42 Å². The molecule has 2 unspecified atom stereocenters. The minimum Gasteiger partial charge on any atom is -0.458 e. The zero-order valence-corrected chi connectivity index (χ0v) is 12.5. The van der Waals surface area contributed by atoms with Gasteiger partial charge in [0.1, 0.15) is 5.76 Å². The summed E-state index contributed by atoms with van der Waals surface area (Å²) in [4.78, 5) is 0. The van der Waals surface area contributed by atoms with Crippen LogP contribution in [0, 0.1) is 0 Å². The highest BCUT2D eigenvalue weighted by molar-refractivity contribution is 7.92. The molecule has 1 aromatic heterocycles. The van der Waals surface area contributed by atoms with Crippen molar-refractivity contribution in [1.82, 2.24) is 0 Å². The van der Waals surface area contributed by atoms with Crippen LogP contribution in [0.1, 0.15) is 31.1 Å². The van der Waals surface area contributed by atoms with Gasteiger partial charge in [-0.05, 0) is 25.0 Å². The van der Waals surface area contributed by atoms with E-state index in [0.717, 1.165) is 18.2 Å². The number of para-hydroxylation sites is 1. The van der Waals surface area contributed by atoms with E-state index < -0.39 is 21.1 Å². The predicted octanol–water partition coefficient (Wildman–Crippen LogP) is 3.05. The van der Waals surface area contributed by atoms with Crippen molar-refractivity contribution in [3.05, 3.63) is 35.0 Å². The molecule has 1 fully saturated rings. The number of halogens is 1. The van der Waals surface area contributed by atoms with Gasteiger partial charge in [0.15, 0.2) is 15.4 Å². The van der Waals surface area contributed by atoms with Crippen molar-refractivity contribution in [2.45, 2.75) is 30.6 Å². The molecule has 1 saturated heterocycles. The Labute approximate surface area is 122 Å². The molecule has 0 radical (unpaired) electrons. The summed E-state index contributed by atoms with van der Waals surface area (Å²) in [5.41, 5.74) is 6.71. The van der Waals surface area contributed by atoms with Gasteiger partial charge < -0.3 is 10.2 Å². The third kappa shape index (κ3) is 2.34. The maximum atomic E-state index is 12.1. The molecular weight excluding hydrogens is 298 g/mol. The summed E-state index contributed by atoms with van der Waals surface area (Å²) in [6, 6.07) is 6.59. The lowest BCUT2D eigenvalue weighted by molar-refractivity contribution is 0.444. The van der Waals surface area contributed by atoms with Crippen molar-refractivity contribution < 1.29 is 12.8 Å². The van der Waals surface area contributed by atoms with Crippen LogP contribution >= 0.6 is 11.6 Å². The fourth-order valence-electron chi connectivity index (χ4n) is 2.78. The molecule has 1 aliphatic rings. The summed E-state index contributed by atoms with van der Waals surface area (Å²) in [7, 11) is -3.14. The number of hydrogen-bond acceptors (Lipinski definition) is 4. The molecule has 0 saturated carbocycles. The van der Waals surface area contributed by atoms with Crippen LogP contribution in [0.2, 0.25) is 5.02 Å². The van der Waals surface area contributed by atoms with Crippen molar-refractivity contribution in [1.29, 1.82) is 0 Å². The molecule has 0 bridgehead atoms. The molecule has 2 atom stereocenters. The van der Waals surface area contributed by atoms with E-state index in [1.807, 2.05) is 12.1 Å². The van der Waals surface area contributed by atoms with E-state index in [1.54, 1.807) is 12.1 Å². The van der Waals surface area contributed by atoms with E-state index in [2.05, 4.69) is 0 Å². The molecule has 6 heteroatoms. The van der Waals surface area contributed by atoms with Crippen molar-refractivity contribution >= 4 is 32.4 Å². The van der Waals surface area contributed by atoms with Crippen LogP contribution in [0.3, 0.4) is 0 Å². The molecule has 108 valence electrons. The van der Waals surface area contributed by atoms with E-state index in [4.69, 9.17) is 21.8 Å². The van der Waals surface area contributed by atoms with Crippen LogP contribution in [-0.2, 0) is 9.84 Å². The van der Waals surface area contributed by atoms with Crippen LogP contribution in [0.5, 0.6) is 0 Å². The Kier molecular flexibility index (Phi) is 3.52. The third-order valence-electron chi connectivity index (χ3n) is 3.87. The number of nitrogens with two attached hydrogens (primary N) is 1. The number of hydrogen-bond donors (Lipinski definition) is 1. The van der Waals surface area contributed by atoms with Gasteiger partial charge in [-0.15, -0.1) is 0 Å². The van der Waals surface area contributed by atoms with Gasteiger partial charge in [0.05, 0.1) is 22.1 Å². The standard InChI is InChI=1S/C14H16ClNO3S/c15-10-5-3-4-9-8-11(19-14(9)10)13(16)12-6-1-2-7-20(12,17)18/h3-5,8,12-13H,1-2,6-7,16H2. The predicted molar refractivity (Wildman–Crippen MR) is 79.6 cm³/mol. The van der Waals surface area contributed by atoms with Crippen LogP contribution < -0.4 is 5.73 Å². The lowest BCUT2D eigenvalue weighted by atomic mass is 10.1. The lowest BCUT2D eigenvalue weighted by Crippen LogP contribution is -2.37. The number of furan rings is 1. The van der Waals surface area contributed by atoms with Gasteiger partial charge in [-0.1, -0.05) is 30.2 Å². The molecule has 3 rings (SSSR count). The maximum absolute atomic E-state index is 12.1. The number of sulfone groups is 1. The monoisotopic (exact) mass is 313 g/mol. The molecular formula is C14H16ClNO3S. The normalized spacial score (nSPS) is 23.8. The Hall–Kier alpha value is -1.04. The van der Waals surface area contributed by atoms with Crippen LogP contribution in [0.25, 0.3) is 11.0 Å². The Balaban J connectivity index is 2.00. The summed E-state index contributed by atoms with van der Waals surface area (Å²) in [6.45, 7) is 0. The second-order valence-corrected chi connectivity index (χ2v) is 7.98. The summed E-state index contributed by atoms with van der Waals surface area (Å²) >= 11 is 6.06. The minimum atomic E-state index is -3.14. The van der Waals surface area contributed by atoms with Gasteiger partial charge in [-0.2, -0.15) is 0 Å². The molecule has 0 spiro atoms. The van der Waals surface area contributed by atoms with E-state index in [-0.39, 0.29) is 5.75 Å². The van der Waals surface area contributed by atoms with Crippen molar-refractivity contribution in [2.24, 2.45) is 5.73 Å². The summed E-state index contributed by atoms with van der Waals surface area (Å²) in [5.74, 6) is 0.704. The van der Waals surface area contributed by atoms with E-state index >= 15 is 0 Å². The minimum absolute atomic E-state index is 0.215. The highest BCUT2D eigenvalue weighted by atomic mass is 35.5. The first-order chi connectivity index (χ1) is 9.49. The SMILES string of the molecule is NC(c1cc2cccc(Cl)c2o1)C1CCCCS1(=O)=O. The van der Waals surface area contributed by atoms with Crippen molar-refractivity contribution in [2.75, 3.05) is 5.75 Å². The van der Waals surface area contributed by atoms with E-state index in [1.165, 1.54) is 0 Å². The molecule has 2 heterocycles. The van der Waals surface area contributed by atoms with Crippen LogP contribution in [0.4, 0.5) is 0 Å². The lowest BCUT2D eigenvalue weighted by Gasteiger charge is -2.26. The quantitative estimate of drug-likeness (QED) is 0.924. The van der Waals surface area contributed by atoms with E-state index in [0.29, 0.717) is 22.8 Å². The van der Waals surface area contributed by atoms with Crippen LogP contribution in [0.15, 0.2) is 28.7 Å². The highest BCUT2D eigenvalue weighted by Gasteiger charge is 2.36. The molecule has 2 N–H and O–H groups in total. The second-order valence-electron chi connectivity index (χ2n) is 5.23. The Morgan fingerprint density at radius 1 is 1.35 bits per heavy atom. The first-order valence-electron chi connectivity index (χ1n) is 6.64. The van der Waals surface area contributed by atoms with Gasteiger partial charge in [0.25, 0.3) is 0 Å². The molecule has 0 amide bonds. The van der Waals surface area contributed by atoms with Gasteiger partial charge >= 0.3 is 0 Å². The number of fused-ring (bicyclic) bond motifs is 1. The fourth-order valence-corrected chi connectivity index (χ4v) is 5.01. The molecule has 20 heavy (non-hydrogen) atoms. The third-order valence-corrected chi connectivity index (χ3v) is 6.48. The molecule has 0 aliphatic carbocycles. The van der Waals surface area contributed by atoms with Crippen LogP contribution in [-0.4, -0.2) is 19.4 Å². The van der Waals surface area contributed by atoms with Gasteiger partial charge in [0, 0.05) is 5.39 Å². The molecule has 4 nitrogen and oxygen atoms in total. The Bertz CT molecular complexity index is 738. The molecule has 2 aromatic rings. The Morgan fingerprint density at radius 2 is 2.15 bits per heavy atom. The maximum Gasteiger partial charge on any atom is 0.155 e. The number of benzene rings is 1. The van der Waals surface area contributed by atoms with Gasteiger partial charge in [0.2, 0.25) is 0 Å². The Morgan fingerprint density at radius 3 is 2.85 bits per heavy atom. The van der Waals surface area contributed by atoms with Gasteiger partial charge in [-0.3, -0.25) is 0 Å². The average Bonchev–Trinajstić information content (AvgIpc) is 2.83. The first kappa shape index (κ1) is 13.9. The van der Waals surface area contributed by atoms with Crippen molar-refractivity contribution in [3.63, 3.8) is 0 Å². The average molecular weight is 314 g/mol. The first-order valence-corrected chi connectivity index (χ1v) is 8.73. The smallest absolute Gasteiger partial charge is 0.155 e. The van der Waals surface area contributed by atoms with Crippen molar-refractivity contribution in [3.8, 4) is 0 Å². The zero-order chi connectivity index (χ0) is 14.3. The summed E-state index contributed by atoms with van der Waals surface area (Å²) in [6.07, 6.45) is 2.20.